The fourth-order valence-corrected chi connectivity index (χ4v) is 3.93. The van der Waals surface area contributed by atoms with Crippen LogP contribution >= 0.6 is 0 Å². The lowest BCUT2D eigenvalue weighted by Gasteiger charge is -2.26. The summed E-state index contributed by atoms with van der Waals surface area (Å²) in [6.07, 6.45) is 0.337. The molecule has 0 aromatic heterocycles. The van der Waals surface area contributed by atoms with Gasteiger partial charge in [-0.05, 0) is 38.8 Å². The minimum absolute atomic E-state index is 0.0553. The van der Waals surface area contributed by atoms with Crippen molar-refractivity contribution in [1.29, 1.82) is 0 Å². The van der Waals surface area contributed by atoms with Crippen molar-refractivity contribution in [1.82, 2.24) is 4.31 Å². The first-order valence-electron chi connectivity index (χ1n) is 6.59. The number of non-ortho nitro benzene ring substituents is 1. The smallest absolute Gasteiger partial charge is 0.269 e. The molecule has 1 N–H and O–H groups in total. The van der Waals surface area contributed by atoms with E-state index in [-0.39, 0.29) is 29.8 Å². The Morgan fingerprint density at radius 3 is 2.43 bits per heavy atom. The molecule has 0 atom stereocenters. The van der Waals surface area contributed by atoms with Gasteiger partial charge in [-0.25, -0.2) is 8.42 Å². The minimum atomic E-state index is -3.75. The molecule has 0 aliphatic heterocycles. The van der Waals surface area contributed by atoms with Crippen LogP contribution in [0, 0.1) is 17.0 Å². The third-order valence-corrected chi connectivity index (χ3v) is 5.30. The zero-order valence-corrected chi connectivity index (χ0v) is 13.1. The molecule has 0 saturated heterocycles. The molecule has 7 nitrogen and oxygen atoms in total. The molecule has 0 amide bonds. The first kappa shape index (κ1) is 17.5. The Bertz CT molecular complexity index is 613. The molecular weight excluding hydrogens is 296 g/mol. The summed E-state index contributed by atoms with van der Waals surface area (Å²) in [5.41, 5.74) is 0.191. The van der Waals surface area contributed by atoms with E-state index in [0.717, 1.165) is 0 Å². The number of sulfonamides is 1. The van der Waals surface area contributed by atoms with Crippen LogP contribution in [-0.4, -0.2) is 41.9 Å². The summed E-state index contributed by atoms with van der Waals surface area (Å²) in [4.78, 5) is 10.2. The monoisotopic (exact) mass is 316 g/mol. The van der Waals surface area contributed by atoms with Crippen LogP contribution in [-0.2, 0) is 10.0 Å². The van der Waals surface area contributed by atoms with Crippen molar-refractivity contribution >= 4 is 15.7 Å². The maximum atomic E-state index is 12.7. The quantitative estimate of drug-likeness (QED) is 0.609. The van der Waals surface area contributed by atoms with Crippen LogP contribution in [0.15, 0.2) is 23.1 Å². The number of hydrogen-bond donors (Lipinski definition) is 1. The van der Waals surface area contributed by atoms with Gasteiger partial charge in [-0.3, -0.25) is 10.1 Å². The second-order valence-corrected chi connectivity index (χ2v) is 6.85. The fraction of sp³-hybridized carbons (Fsp3) is 0.538. The molecule has 1 aromatic carbocycles. The molecule has 0 heterocycles. The molecule has 0 saturated carbocycles. The molecule has 0 fully saturated rings. The number of nitro groups is 1. The average Bonchev–Trinajstić information content (AvgIpc) is 2.37. The fourth-order valence-electron chi connectivity index (χ4n) is 2.05. The highest BCUT2D eigenvalue weighted by Crippen LogP contribution is 2.25. The third-order valence-electron chi connectivity index (χ3n) is 3.07. The Morgan fingerprint density at radius 2 is 2.00 bits per heavy atom. The molecule has 21 heavy (non-hydrogen) atoms. The van der Waals surface area contributed by atoms with Crippen LogP contribution in [0.25, 0.3) is 0 Å². The minimum Gasteiger partial charge on any atom is -0.396 e. The molecule has 0 aliphatic rings. The van der Waals surface area contributed by atoms with E-state index in [9.17, 15) is 18.5 Å². The van der Waals surface area contributed by atoms with Gasteiger partial charge in [-0.1, -0.05) is 0 Å². The number of nitro benzene ring substituents is 1. The highest BCUT2D eigenvalue weighted by molar-refractivity contribution is 7.89. The SMILES string of the molecule is Cc1cc([N+](=O)[O-])ccc1S(=O)(=O)N(CCCO)C(C)C. The van der Waals surface area contributed by atoms with Gasteiger partial charge in [0.2, 0.25) is 10.0 Å². The van der Waals surface area contributed by atoms with Gasteiger partial charge in [0.1, 0.15) is 0 Å². The number of aryl methyl sites for hydroxylation is 1. The second-order valence-electron chi connectivity index (χ2n) is 4.99. The normalized spacial score (nSPS) is 12.1. The first-order valence-corrected chi connectivity index (χ1v) is 8.03. The summed E-state index contributed by atoms with van der Waals surface area (Å²) >= 11 is 0. The summed E-state index contributed by atoms with van der Waals surface area (Å²) in [5.74, 6) is 0. The number of rotatable bonds is 7. The lowest BCUT2D eigenvalue weighted by atomic mass is 10.2. The topological polar surface area (TPSA) is 101 Å². The van der Waals surface area contributed by atoms with Crippen LogP contribution < -0.4 is 0 Å². The van der Waals surface area contributed by atoms with Crippen LogP contribution in [0.5, 0.6) is 0 Å². The van der Waals surface area contributed by atoms with E-state index < -0.39 is 14.9 Å². The predicted octanol–water partition coefficient (Wildman–Crippen LogP) is 1.68. The van der Waals surface area contributed by atoms with E-state index in [2.05, 4.69) is 0 Å². The van der Waals surface area contributed by atoms with Crippen LogP contribution in [0.2, 0.25) is 0 Å². The zero-order chi connectivity index (χ0) is 16.2. The maximum absolute atomic E-state index is 12.7. The summed E-state index contributed by atoms with van der Waals surface area (Å²) in [6.45, 7) is 5.13. The summed E-state index contributed by atoms with van der Waals surface area (Å²) in [6, 6.07) is 3.43. The van der Waals surface area contributed by atoms with Gasteiger partial charge >= 0.3 is 0 Å². The lowest BCUT2D eigenvalue weighted by molar-refractivity contribution is -0.385. The highest BCUT2D eigenvalue weighted by Gasteiger charge is 2.28. The maximum Gasteiger partial charge on any atom is 0.269 e. The molecular formula is C13H20N2O5S. The van der Waals surface area contributed by atoms with Crippen LogP contribution in [0.1, 0.15) is 25.8 Å². The zero-order valence-electron chi connectivity index (χ0n) is 12.3. The number of benzene rings is 1. The van der Waals surface area contributed by atoms with Gasteiger partial charge in [0.05, 0.1) is 9.82 Å². The standard InChI is InChI=1S/C13H20N2O5S/c1-10(2)14(7-4-8-16)21(19,20)13-6-5-12(15(17)18)9-11(13)3/h5-6,9-10,16H,4,7-8H2,1-3H3. The van der Waals surface area contributed by atoms with Crippen molar-refractivity contribution in [2.45, 2.75) is 38.1 Å². The number of nitrogens with zero attached hydrogens (tertiary/aromatic N) is 2. The summed E-state index contributed by atoms with van der Waals surface area (Å²) in [5, 5.41) is 19.6. The van der Waals surface area contributed by atoms with Gasteiger partial charge in [-0.2, -0.15) is 4.31 Å². The van der Waals surface area contributed by atoms with Crippen molar-refractivity contribution in [3.05, 3.63) is 33.9 Å². The molecule has 1 aromatic rings. The molecule has 0 spiro atoms. The highest BCUT2D eigenvalue weighted by atomic mass is 32.2. The Balaban J connectivity index is 3.25. The molecule has 0 radical (unpaired) electrons. The Kier molecular flexibility index (Phi) is 5.82. The first-order chi connectivity index (χ1) is 9.71. The van der Waals surface area contributed by atoms with E-state index >= 15 is 0 Å². The number of aliphatic hydroxyl groups excluding tert-OH is 1. The lowest BCUT2D eigenvalue weighted by Crippen LogP contribution is -2.38. The van der Waals surface area contributed by atoms with E-state index in [4.69, 9.17) is 5.11 Å². The molecule has 0 aliphatic carbocycles. The van der Waals surface area contributed by atoms with E-state index in [1.807, 2.05) is 0 Å². The van der Waals surface area contributed by atoms with Gasteiger partial charge in [-0.15, -0.1) is 0 Å². The summed E-state index contributed by atoms with van der Waals surface area (Å²) in [7, 11) is -3.75. The van der Waals surface area contributed by atoms with Crippen molar-refractivity contribution in [3.8, 4) is 0 Å². The number of aliphatic hydroxyl groups is 1. The van der Waals surface area contributed by atoms with Gasteiger partial charge < -0.3 is 5.11 Å². The molecule has 0 unspecified atom stereocenters. The second kappa shape index (κ2) is 6.97. The average molecular weight is 316 g/mol. The third kappa shape index (κ3) is 3.99. The van der Waals surface area contributed by atoms with Crippen molar-refractivity contribution < 1.29 is 18.4 Å². The van der Waals surface area contributed by atoms with Gasteiger partial charge in [0.15, 0.2) is 0 Å². The van der Waals surface area contributed by atoms with Gasteiger partial charge in [0.25, 0.3) is 5.69 Å². The van der Waals surface area contributed by atoms with Crippen LogP contribution in [0.4, 0.5) is 5.69 Å². The Hall–Kier alpha value is -1.51. The van der Waals surface area contributed by atoms with Crippen molar-refractivity contribution in [3.63, 3.8) is 0 Å². The van der Waals surface area contributed by atoms with Crippen molar-refractivity contribution in [2.24, 2.45) is 0 Å². The van der Waals surface area contributed by atoms with Crippen LogP contribution in [0.3, 0.4) is 0 Å². The summed E-state index contributed by atoms with van der Waals surface area (Å²) < 4.78 is 26.6. The Labute approximate surface area is 124 Å². The number of hydrogen-bond acceptors (Lipinski definition) is 5. The van der Waals surface area contributed by atoms with Crippen molar-refractivity contribution in [2.75, 3.05) is 13.2 Å². The van der Waals surface area contributed by atoms with E-state index in [1.165, 1.54) is 29.4 Å². The largest absolute Gasteiger partial charge is 0.396 e. The molecule has 0 bridgehead atoms. The van der Waals surface area contributed by atoms with Gasteiger partial charge in [0, 0.05) is 31.3 Å². The molecule has 118 valence electrons. The molecule has 8 heteroatoms. The molecule has 1 rings (SSSR count). The van der Waals surface area contributed by atoms with E-state index in [1.54, 1.807) is 13.8 Å². The Morgan fingerprint density at radius 1 is 1.38 bits per heavy atom. The predicted molar refractivity (Wildman–Crippen MR) is 78.6 cm³/mol. The van der Waals surface area contributed by atoms with E-state index in [0.29, 0.717) is 12.0 Å².